The lowest BCUT2D eigenvalue weighted by Gasteiger charge is -2.36. The van der Waals surface area contributed by atoms with Gasteiger partial charge in [-0.25, -0.2) is 9.97 Å². The van der Waals surface area contributed by atoms with Gasteiger partial charge in [0.15, 0.2) is 10.3 Å². The Morgan fingerprint density at radius 2 is 1.32 bits per heavy atom. The van der Waals surface area contributed by atoms with Crippen molar-refractivity contribution in [3.63, 3.8) is 0 Å². The lowest BCUT2D eigenvalue weighted by Crippen LogP contribution is -2.41. The van der Waals surface area contributed by atoms with Crippen LogP contribution in [0.5, 0.6) is 0 Å². The van der Waals surface area contributed by atoms with E-state index < -0.39 is 0 Å². The van der Waals surface area contributed by atoms with Crippen LogP contribution in [-0.4, -0.2) is 99.3 Å². The lowest BCUT2D eigenvalue weighted by atomic mass is 9.92. The molecule has 1 atom stereocenters. The van der Waals surface area contributed by atoms with Crippen molar-refractivity contribution in [1.29, 1.82) is 0 Å². The van der Waals surface area contributed by atoms with Crippen LogP contribution in [0.4, 0.5) is 21.6 Å². The number of nitrogens with one attached hydrogen (secondary N) is 4. The van der Waals surface area contributed by atoms with Gasteiger partial charge in [-0.1, -0.05) is 35.2 Å². The Hall–Kier alpha value is -5.72. The Morgan fingerprint density at radius 1 is 0.700 bits per heavy atom. The molecular weight excluding hydrogens is 801 g/mol. The first-order valence-corrected chi connectivity index (χ1v) is 21.6. The van der Waals surface area contributed by atoms with Gasteiger partial charge in [0.2, 0.25) is 23.6 Å². The summed E-state index contributed by atoms with van der Waals surface area (Å²) in [5.41, 5.74) is 8.66. The molecule has 4 aromatic heterocycles. The van der Waals surface area contributed by atoms with Crippen LogP contribution in [0.25, 0.3) is 42.7 Å². The number of hydrogen-bond acceptors (Lipinski definition) is 13. The van der Waals surface area contributed by atoms with Gasteiger partial charge in [-0.3, -0.25) is 38.9 Å². The molecule has 2 aliphatic rings. The Bertz CT molecular complexity index is 2620. The first-order chi connectivity index (χ1) is 28.9. The molecule has 2 fully saturated rings. The van der Waals surface area contributed by atoms with Gasteiger partial charge < -0.3 is 26.0 Å². The van der Waals surface area contributed by atoms with Gasteiger partial charge in [0.05, 0.1) is 69.5 Å². The number of aromatic nitrogens is 4. The van der Waals surface area contributed by atoms with E-state index in [1.54, 1.807) is 6.20 Å². The standard InChI is InChI=1S/C43H46N10O5S2/c1-24-34(16-30(20-44-24)28-8-9-33-37(18-28)59-42(50-33)46-26(3)54)49-40(57)23-53-10-6-5-7-36(53)32-15-29(19-38-41(32)51-43(60-38)47-27(4)55)31-17-35(25(2)45-21-31)48-39(56)22-52-11-13-58-14-12-52/h8-9,15-21,36H,5-7,10-14,22-23H2,1-4H3,(H,48,56)(H,49,57)(H,46,50,54)(H,47,51,55). The first-order valence-electron chi connectivity index (χ1n) is 19.9. The fourth-order valence-electron chi connectivity index (χ4n) is 7.68. The predicted molar refractivity (Wildman–Crippen MR) is 236 cm³/mol. The van der Waals surface area contributed by atoms with Crippen LogP contribution in [0, 0.1) is 13.8 Å². The molecule has 15 nitrogen and oxygen atoms in total. The average Bonchev–Trinajstić information content (AvgIpc) is 3.81. The van der Waals surface area contributed by atoms with E-state index in [0.717, 1.165) is 67.5 Å². The van der Waals surface area contributed by atoms with Crippen molar-refractivity contribution < 1.29 is 23.9 Å². The van der Waals surface area contributed by atoms with Gasteiger partial charge in [0.1, 0.15) is 0 Å². The van der Waals surface area contributed by atoms with Gasteiger partial charge in [-0.15, -0.1) is 0 Å². The molecule has 6 heterocycles. The minimum atomic E-state index is -0.207. The average molecular weight is 847 g/mol. The molecule has 4 amide bonds. The highest BCUT2D eigenvalue weighted by molar-refractivity contribution is 7.22. The minimum Gasteiger partial charge on any atom is -0.379 e. The van der Waals surface area contributed by atoms with Crippen molar-refractivity contribution in [2.24, 2.45) is 0 Å². The van der Waals surface area contributed by atoms with Crippen molar-refractivity contribution in [3.05, 3.63) is 71.8 Å². The maximum atomic E-state index is 13.9. The molecule has 2 aromatic carbocycles. The molecular formula is C43H46N10O5S2. The van der Waals surface area contributed by atoms with E-state index in [9.17, 15) is 19.2 Å². The Balaban J connectivity index is 1.05. The molecule has 0 aliphatic carbocycles. The summed E-state index contributed by atoms with van der Waals surface area (Å²) in [6.07, 6.45) is 6.33. The van der Waals surface area contributed by atoms with E-state index in [4.69, 9.17) is 9.72 Å². The minimum absolute atomic E-state index is 0.109. The normalized spacial score (nSPS) is 16.2. The number of thiazole rings is 2. The van der Waals surface area contributed by atoms with Crippen LogP contribution < -0.4 is 21.3 Å². The van der Waals surface area contributed by atoms with Crippen molar-refractivity contribution in [2.75, 3.05) is 67.2 Å². The van der Waals surface area contributed by atoms with Crippen LogP contribution in [0.2, 0.25) is 0 Å². The molecule has 8 rings (SSSR count). The zero-order valence-electron chi connectivity index (χ0n) is 33.9. The second-order valence-corrected chi connectivity index (χ2v) is 17.2. The number of aryl methyl sites for hydroxylation is 2. The number of benzene rings is 2. The van der Waals surface area contributed by atoms with E-state index in [2.05, 4.69) is 52.1 Å². The van der Waals surface area contributed by atoms with E-state index in [1.165, 1.54) is 36.5 Å². The monoisotopic (exact) mass is 846 g/mol. The first kappa shape index (κ1) is 41.0. The summed E-state index contributed by atoms with van der Waals surface area (Å²) in [6.45, 7) is 10.4. The second-order valence-electron chi connectivity index (χ2n) is 15.2. The maximum absolute atomic E-state index is 13.9. The molecule has 310 valence electrons. The van der Waals surface area contributed by atoms with Crippen LogP contribution in [-0.2, 0) is 23.9 Å². The number of ether oxygens (including phenoxy) is 1. The van der Waals surface area contributed by atoms with Crippen LogP contribution >= 0.6 is 22.7 Å². The van der Waals surface area contributed by atoms with Gasteiger partial charge in [0, 0.05) is 56.5 Å². The summed E-state index contributed by atoms with van der Waals surface area (Å²) >= 11 is 2.80. The summed E-state index contributed by atoms with van der Waals surface area (Å²) in [5, 5.41) is 12.9. The predicted octanol–water partition coefficient (Wildman–Crippen LogP) is 7.00. The highest BCUT2D eigenvalue weighted by Crippen LogP contribution is 2.41. The number of carbonyl (C=O) groups is 4. The number of rotatable bonds is 11. The van der Waals surface area contributed by atoms with Crippen LogP contribution in [0.1, 0.15) is 56.1 Å². The summed E-state index contributed by atoms with van der Waals surface area (Å²) in [5.74, 6) is -0.652. The lowest BCUT2D eigenvalue weighted by molar-refractivity contribution is -0.119. The van der Waals surface area contributed by atoms with Gasteiger partial charge in [-0.05, 0) is 86.3 Å². The molecule has 2 aliphatic heterocycles. The number of likely N-dealkylation sites (tertiary alicyclic amines) is 1. The topological polar surface area (TPSA) is 184 Å². The maximum Gasteiger partial charge on any atom is 0.238 e. The summed E-state index contributed by atoms with van der Waals surface area (Å²) in [7, 11) is 0. The third-order valence-electron chi connectivity index (χ3n) is 10.7. The zero-order valence-corrected chi connectivity index (χ0v) is 35.5. The Morgan fingerprint density at radius 3 is 2.00 bits per heavy atom. The van der Waals surface area contributed by atoms with Crippen LogP contribution in [0.15, 0.2) is 54.9 Å². The number of amides is 4. The molecule has 1 unspecified atom stereocenters. The number of fused-ring (bicyclic) bond motifs is 2. The molecule has 6 aromatic rings. The van der Waals surface area contributed by atoms with E-state index in [0.29, 0.717) is 65.9 Å². The SMILES string of the molecule is CC(=O)Nc1nc2ccc(-c3cnc(C)c(NC(=O)CN4CCCCC4c4cc(-c5cnc(C)c(NC(=O)CN6CCOCC6)c5)cc5sc(NC(C)=O)nc45)c3)cc2s1. The summed E-state index contributed by atoms with van der Waals surface area (Å²) in [6, 6.07) is 13.8. The fourth-order valence-corrected chi connectivity index (χ4v) is 9.62. The summed E-state index contributed by atoms with van der Waals surface area (Å²) in [4.78, 5) is 73.7. The van der Waals surface area contributed by atoms with Crippen molar-refractivity contribution in [2.45, 2.75) is 53.0 Å². The van der Waals surface area contributed by atoms with Gasteiger partial charge in [0.25, 0.3) is 0 Å². The fraction of sp³-hybridized carbons (Fsp3) is 0.349. The Labute approximate surface area is 355 Å². The van der Waals surface area contributed by atoms with Crippen molar-refractivity contribution in [3.8, 4) is 22.3 Å². The number of pyridine rings is 2. The van der Waals surface area contributed by atoms with E-state index in [1.807, 2.05) is 56.4 Å². The number of carbonyl (C=O) groups excluding carboxylic acids is 4. The van der Waals surface area contributed by atoms with Gasteiger partial charge in [-0.2, -0.15) is 0 Å². The van der Waals surface area contributed by atoms with Crippen molar-refractivity contribution >= 4 is 88.4 Å². The number of piperidine rings is 1. The molecule has 60 heavy (non-hydrogen) atoms. The highest BCUT2D eigenvalue weighted by Gasteiger charge is 2.29. The second kappa shape index (κ2) is 17.9. The van der Waals surface area contributed by atoms with E-state index >= 15 is 0 Å². The van der Waals surface area contributed by atoms with Crippen molar-refractivity contribution in [1.82, 2.24) is 29.7 Å². The number of morpholine rings is 1. The third kappa shape index (κ3) is 9.50. The molecule has 17 heteroatoms. The summed E-state index contributed by atoms with van der Waals surface area (Å²) < 4.78 is 7.25. The number of hydrogen-bond donors (Lipinski definition) is 4. The molecule has 0 bridgehead atoms. The van der Waals surface area contributed by atoms with E-state index in [-0.39, 0.29) is 42.8 Å². The molecule has 2 saturated heterocycles. The quantitative estimate of drug-likeness (QED) is 0.105. The Kier molecular flexibility index (Phi) is 12.2. The zero-order chi connectivity index (χ0) is 41.9. The number of anilines is 4. The number of nitrogens with zero attached hydrogens (tertiary/aromatic N) is 6. The van der Waals surface area contributed by atoms with Gasteiger partial charge >= 0.3 is 0 Å². The molecule has 0 saturated carbocycles. The molecule has 4 N–H and O–H groups in total. The highest BCUT2D eigenvalue weighted by atomic mass is 32.1. The third-order valence-corrected chi connectivity index (χ3v) is 12.5. The molecule has 0 spiro atoms. The smallest absolute Gasteiger partial charge is 0.238 e. The van der Waals surface area contributed by atoms with Crippen LogP contribution in [0.3, 0.4) is 0 Å². The molecule has 0 radical (unpaired) electrons. The largest absolute Gasteiger partial charge is 0.379 e.